The van der Waals surface area contributed by atoms with E-state index >= 15 is 0 Å². The molecule has 160 valence electrons. The molecule has 2 aromatic carbocycles. The highest BCUT2D eigenvalue weighted by atomic mass is 32.2. The average molecular weight is 432 g/mol. The number of carboxylic acid groups (broad SMARTS) is 1. The van der Waals surface area contributed by atoms with Crippen molar-refractivity contribution in [1.82, 2.24) is 5.32 Å². The predicted molar refractivity (Wildman–Crippen MR) is 115 cm³/mol. The quantitative estimate of drug-likeness (QED) is 0.481. The Morgan fingerprint density at radius 3 is 2.00 bits per heavy atom. The molecule has 0 spiro atoms. The van der Waals surface area contributed by atoms with Gasteiger partial charge in [0.05, 0.1) is 5.92 Å². The molecule has 3 atom stereocenters. The van der Waals surface area contributed by atoms with E-state index in [0.717, 1.165) is 17.3 Å². The van der Waals surface area contributed by atoms with Gasteiger partial charge in [-0.05, 0) is 41.3 Å². The molecule has 0 saturated carbocycles. The molecule has 0 aromatic heterocycles. The second-order valence-corrected chi connectivity index (χ2v) is 8.26. The Morgan fingerprint density at radius 1 is 0.967 bits per heavy atom. The van der Waals surface area contributed by atoms with Gasteiger partial charge in [-0.1, -0.05) is 43.0 Å². The number of phenols is 2. The van der Waals surface area contributed by atoms with Crippen LogP contribution >= 0.6 is 11.8 Å². The molecule has 2 rings (SSSR count). The lowest BCUT2D eigenvalue weighted by Crippen LogP contribution is -2.46. The Hall–Kier alpha value is -3.00. The number of thioether (sulfide) groups is 1. The van der Waals surface area contributed by atoms with Crippen molar-refractivity contribution >= 4 is 28.8 Å². The van der Waals surface area contributed by atoms with Gasteiger partial charge in [0, 0.05) is 19.1 Å². The van der Waals surface area contributed by atoms with E-state index in [1.165, 1.54) is 31.2 Å². The fraction of sp³-hybridized carbons (Fsp3) is 0.318. The highest BCUT2D eigenvalue weighted by molar-refractivity contribution is 8.13. The fourth-order valence-electron chi connectivity index (χ4n) is 3.01. The Balaban J connectivity index is 2.19. The summed E-state index contributed by atoms with van der Waals surface area (Å²) in [5.74, 6) is -2.22. The number of benzene rings is 2. The number of hydrogen-bond donors (Lipinski definition) is 4. The highest BCUT2D eigenvalue weighted by Gasteiger charge is 2.30. The summed E-state index contributed by atoms with van der Waals surface area (Å²) in [5, 5.41) is 30.9. The van der Waals surface area contributed by atoms with E-state index in [1.54, 1.807) is 24.3 Å². The second-order valence-electron chi connectivity index (χ2n) is 7.06. The van der Waals surface area contributed by atoms with E-state index < -0.39 is 23.8 Å². The van der Waals surface area contributed by atoms with Crippen LogP contribution in [0.25, 0.3) is 0 Å². The van der Waals surface area contributed by atoms with Crippen LogP contribution in [-0.4, -0.2) is 44.1 Å². The van der Waals surface area contributed by atoms with E-state index in [0.29, 0.717) is 5.56 Å². The molecule has 30 heavy (non-hydrogen) atoms. The molecule has 0 heterocycles. The van der Waals surface area contributed by atoms with Crippen molar-refractivity contribution in [2.75, 3.05) is 5.75 Å². The first kappa shape index (κ1) is 23.3. The van der Waals surface area contributed by atoms with Crippen LogP contribution in [0.15, 0.2) is 48.5 Å². The maximum atomic E-state index is 13.0. The summed E-state index contributed by atoms with van der Waals surface area (Å²) >= 11 is 1.01. The number of carboxylic acids is 1. The average Bonchev–Trinajstić information content (AvgIpc) is 2.69. The zero-order valence-corrected chi connectivity index (χ0v) is 17.6. The molecule has 0 fully saturated rings. The third kappa shape index (κ3) is 6.81. The molecule has 0 aliphatic rings. The van der Waals surface area contributed by atoms with Gasteiger partial charge < -0.3 is 20.6 Å². The summed E-state index contributed by atoms with van der Waals surface area (Å²) in [4.78, 5) is 36.2. The zero-order valence-electron chi connectivity index (χ0n) is 16.7. The molecule has 0 aliphatic carbocycles. The lowest BCUT2D eigenvalue weighted by Gasteiger charge is -2.25. The van der Waals surface area contributed by atoms with Gasteiger partial charge in [-0.3, -0.25) is 9.59 Å². The third-order valence-electron chi connectivity index (χ3n) is 4.82. The smallest absolute Gasteiger partial charge is 0.326 e. The van der Waals surface area contributed by atoms with Gasteiger partial charge in [0.2, 0.25) is 5.91 Å². The third-order valence-corrected chi connectivity index (χ3v) is 5.75. The number of amides is 1. The van der Waals surface area contributed by atoms with Gasteiger partial charge in [0.15, 0.2) is 5.12 Å². The Labute approximate surface area is 179 Å². The molecule has 4 N–H and O–H groups in total. The van der Waals surface area contributed by atoms with Crippen LogP contribution < -0.4 is 5.32 Å². The van der Waals surface area contributed by atoms with Crippen LogP contribution in [-0.2, 0) is 20.8 Å². The monoisotopic (exact) mass is 431 g/mol. The van der Waals surface area contributed by atoms with Crippen molar-refractivity contribution in [3.8, 4) is 11.5 Å². The Morgan fingerprint density at radius 2 is 1.50 bits per heavy atom. The number of carbonyl (C=O) groups excluding carboxylic acids is 2. The maximum Gasteiger partial charge on any atom is 0.326 e. The SMILES string of the molecule is CC(=O)SCC(C(=O)N[C@@H](Cc1ccc(O)cc1)C(=O)O)C(C)c1ccc(O)cc1. The fourth-order valence-corrected chi connectivity index (χ4v) is 3.87. The molecular formula is C22H25NO6S. The summed E-state index contributed by atoms with van der Waals surface area (Å²) in [6.07, 6.45) is 0.0571. The minimum atomic E-state index is -1.17. The summed E-state index contributed by atoms with van der Waals surface area (Å²) in [6, 6.07) is 11.4. The molecule has 0 bridgehead atoms. The van der Waals surface area contributed by atoms with Crippen molar-refractivity contribution in [3.63, 3.8) is 0 Å². The number of hydrogen-bond acceptors (Lipinski definition) is 6. The minimum absolute atomic E-state index is 0.0571. The second kappa shape index (κ2) is 10.7. The molecular weight excluding hydrogens is 406 g/mol. The van der Waals surface area contributed by atoms with E-state index in [2.05, 4.69) is 5.32 Å². The van der Waals surface area contributed by atoms with E-state index in [9.17, 15) is 29.7 Å². The lowest BCUT2D eigenvalue weighted by atomic mass is 9.87. The number of carbonyl (C=O) groups is 3. The standard InChI is InChI=1S/C22H25NO6S/c1-13(16-5-9-18(26)10-6-16)19(12-30-14(2)24)21(27)23-20(22(28)29)11-15-3-7-17(25)8-4-15/h3-10,13,19-20,25-26H,11-12H2,1-2H3,(H,23,27)(H,28,29)/t13?,19?,20-/m0/s1. The van der Waals surface area contributed by atoms with Crippen molar-refractivity contribution in [3.05, 3.63) is 59.7 Å². The summed E-state index contributed by atoms with van der Waals surface area (Å²) in [7, 11) is 0. The molecule has 0 aliphatic heterocycles. The Kier molecular flexibility index (Phi) is 8.29. The van der Waals surface area contributed by atoms with Crippen molar-refractivity contribution in [2.45, 2.75) is 32.2 Å². The molecule has 1 amide bonds. The summed E-state index contributed by atoms with van der Waals surface area (Å²) in [5.41, 5.74) is 1.45. The first-order valence-electron chi connectivity index (χ1n) is 9.40. The molecule has 7 nitrogen and oxygen atoms in total. The highest BCUT2D eigenvalue weighted by Crippen LogP contribution is 2.29. The number of nitrogens with one attached hydrogen (secondary N) is 1. The molecule has 2 aromatic rings. The van der Waals surface area contributed by atoms with E-state index in [-0.39, 0.29) is 34.7 Å². The maximum absolute atomic E-state index is 13.0. The van der Waals surface area contributed by atoms with Crippen LogP contribution in [0, 0.1) is 5.92 Å². The predicted octanol–water partition coefficient (Wildman–Crippen LogP) is 2.91. The summed E-state index contributed by atoms with van der Waals surface area (Å²) in [6.45, 7) is 3.24. The first-order chi connectivity index (χ1) is 14.2. The molecule has 0 radical (unpaired) electrons. The Bertz CT molecular complexity index is 882. The normalized spacial score (nSPS) is 13.8. The topological polar surface area (TPSA) is 124 Å². The first-order valence-corrected chi connectivity index (χ1v) is 10.4. The van der Waals surface area contributed by atoms with Crippen LogP contribution in [0.4, 0.5) is 0 Å². The van der Waals surface area contributed by atoms with Gasteiger partial charge in [0.1, 0.15) is 17.5 Å². The van der Waals surface area contributed by atoms with Crippen LogP contribution in [0.2, 0.25) is 0 Å². The van der Waals surface area contributed by atoms with E-state index in [4.69, 9.17) is 0 Å². The largest absolute Gasteiger partial charge is 0.508 e. The van der Waals surface area contributed by atoms with Gasteiger partial charge in [-0.15, -0.1) is 0 Å². The van der Waals surface area contributed by atoms with Gasteiger partial charge in [-0.2, -0.15) is 0 Å². The van der Waals surface area contributed by atoms with Crippen molar-refractivity contribution in [2.24, 2.45) is 5.92 Å². The molecule has 8 heteroatoms. The minimum Gasteiger partial charge on any atom is -0.508 e. The molecule has 2 unspecified atom stereocenters. The van der Waals surface area contributed by atoms with Gasteiger partial charge in [-0.25, -0.2) is 4.79 Å². The summed E-state index contributed by atoms with van der Waals surface area (Å²) < 4.78 is 0. The van der Waals surface area contributed by atoms with Gasteiger partial charge >= 0.3 is 5.97 Å². The van der Waals surface area contributed by atoms with Crippen LogP contribution in [0.5, 0.6) is 11.5 Å². The molecule has 0 saturated heterocycles. The number of aromatic hydroxyl groups is 2. The number of phenolic OH excluding ortho intramolecular Hbond substituents is 2. The number of rotatable bonds is 9. The van der Waals surface area contributed by atoms with Crippen molar-refractivity contribution in [1.29, 1.82) is 0 Å². The lowest BCUT2D eigenvalue weighted by molar-refractivity contribution is -0.142. The number of aliphatic carboxylic acids is 1. The van der Waals surface area contributed by atoms with Crippen molar-refractivity contribution < 1.29 is 29.7 Å². The van der Waals surface area contributed by atoms with E-state index in [1.807, 2.05) is 6.92 Å². The van der Waals surface area contributed by atoms with Crippen LogP contribution in [0.1, 0.15) is 30.9 Å². The zero-order chi connectivity index (χ0) is 22.3. The van der Waals surface area contributed by atoms with Gasteiger partial charge in [0.25, 0.3) is 0 Å². The van der Waals surface area contributed by atoms with Crippen LogP contribution in [0.3, 0.4) is 0 Å².